The minimum absolute atomic E-state index is 0.422. The van der Waals surface area contributed by atoms with Crippen molar-refractivity contribution in [3.05, 3.63) is 42.1 Å². The largest absolute Gasteiger partial charge is 0.442 e. The SMILES string of the molecule is CC(C)(C)OC(=O)n1ccc(-c2ccc(C(N)=O)cc2)n1. The van der Waals surface area contributed by atoms with Crippen molar-refractivity contribution in [1.29, 1.82) is 0 Å². The van der Waals surface area contributed by atoms with Crippen LogP contribution in [-0.4, -0.2) is 27.4 Å². The average Bonchev–Trinajstić information content (AvgIpc) is 2.86. The summed E-state index contributed by atoms with van der Waals surface area (Å²) >= 11 is 0. The minimum Gasteiger partial charge on any atom is -0.442 e. The topological polar surface area (TPSA) is 87.2 Å². The Morgan fingerprint density at radius 2 is 1.76 bits per heavy atom. The molecule has 0 unspecified atom stereocenters. The second-order valence-corrected chi connectivity index (χ2v) is 5.57. The van der Waals surface area contributed by atoms with Gasteiger partial charge in [-0.1, -0.05) is 12.1 Å². The second kappa shape index (κ2) is 5.40. The van der Waals surface area contributed by atoms with Crippen LogP contribution in [0.5, 0.6) is 0 Å². The van der Waals surface area contributed by atoms with Gasteiger partial charge < -0.3 is 10.5 Å². The van der Waals surface area contributed by atoms with Crippen LogP contribution in [0.2, 0.25) is 0 Å². The number of aromatic nitrogens is 2. The number of primary amides is 1. The van der Waals surface area contributed by atoms with Gasteiger partial charge >= 0.3 is 6.09 Å². The molecule has 0 aliphatic heterocycles. The summed E-state index contributed by atoms with van der Waals surface area (Å²) in [4.78, 5) is 22.9. The van der Waals surface area contributed by atoms with Gasteiger partial charge in [0.05, 0.1) is 5.69 Å². The number of rotatable bonds is 2. The average molecular weight is 287 g/mol. The van der Waals surface area contributed by atoms with Crippen LogP contribution < -0.4 is 5.73 Å². The lowest BCUT2D eigenvalue weighted by atomic mass is 10.1. The number of nitrogens with two attached hydrogens (primary N) is 1. The van der Waals surface area contributed by atoms with E-state index < -0.39 is 17.6 Å². The number of hydrogen-bond donors (Lipinski definition) is 1. The zero-order valence-corrected chi connectivity index (χ0v) is 12.2. The molecule has 0 spiro atoms. The van der Waals surface area contributed by atoms with Crippen LogP contribution in [0.1, 0.15) is 31.1 Å². The lowest BCUT2D eigenvalue weighted by Crippen LogP contribution is -2.27. The normalized spacial score (nSPS) is 11.2. The first-order valence-corrected chi connectivity index (χ1v) is 6.45. The van der Waals surface area contributed by atoms with E-state index in [0.717, 1.165) is 10.2 Å². The van der Waals surface area contributed by atoms with Crippen LogP contribution in [0.4, 0.5) is 4.79 Å². The maximum atomic E-state index is 11.9. The van der Waals surface area contributed by atoms with Crippen LogP contribution >= 0.6 is 0 Å². The van der Waals surface area contributed by atoms with E-state index in [0.29, 0.717) is 11.3 Å². The first kappa shape index (κ1) is 14.8. The van der Waals surface area contributed by atoms with Crippen molar-refractivity contribution < 1.29 is 14.3 Å². The molecule has 1 heterocycles. The Bertz CT molecular complexity index is 666. The van der Waals surface area contributed by atoms with Crippen LogP contribution in [0.25, 0.3) is 11.3 Å². The molecule has 0 atom stereocenters. The minimum atomic E-state index is -0.577. The molecule has 1 aromatic heterocycles. The van der Waals surface area contributed by atoms with Gasteiger partial charge in [-0.2, -0.15) is 9.78 Å². The summed E-state index contributed by atoms with van der Waals surface area (Å²) in [5, 5.41) is 4.17. The van der Waals surface area contributed by atoms with Crippen molar-refractivity contribution in [2.75, 3.05) is 0 Å². The number of nitrogens with zero attached hydrogens (tertiary/aromatic N) is 2. The molecule has 0 aliphatic carbocycles. The van der Waals surface area contributed by atoms with Gasteiger partial charge in [0.15, 0.2) is 0 Å². The van der Waals surface area contributed by atoms with E-state index in [1.165, 1.54) is 6.20 Å². The van der Waals surface area contributed by atoms with Gasteiger partial charge in [0, 0.05) is 17.3 Å². The summed E-state index contributed by atoms with van der Waals surface area (Å²) in [5.74, 6) is -0.485. The van der Waals surface area contributed by atoms with Crippen molar-refractivity contribution >= 4 is 12.0 Å². The van der Waals surface area contributed by atoms with Crippen LogP contribution in [0.15, 0.2) is 36.5 Å². The van der Waals surface area contributed by atoms with E-state index >= 15 is 0 Å². The van der Waals surface area contributed by atoms with Gasteiger partial charge in [0.2, 0.25) is 5.91 Å². The highest BCUT2D eigenvalue weighted by Gasteiger charge is 2.18. The fourth-order valence-electron chi connectivity index (χ4n) is 1.69. The highest BCUT2D eigenvalue weighted by atomic mass is 16.6. The van der Waals surface area contributed by atoms with Gasteiger partial charge in [-0.15, -0.1) is 0 Å². The number of hydrogen-bond acceptors (Lipinski definition) is 4. The Kier molecular flexibility index (Phi) is 3.80. The predicted molar refractivity (Wildman–Crippen MR) is 77.8 cm³/mol. The molecule has 21 heavy (non-hydrogen) atoms. The maximum Gasteiger partial charge on any atom is 0.435 e. The molecule has 110 valence electrons. The molecule has 1 amide bonds. The number of benzene rings is 1. The van der Waals surface area contributed by atoms with E-state index in [1.807, 2.05) is 0 Å². The van der Waals surface area contributed by atoms with Crippen molar-refractivity contribution in [2.24, 2.45) is 5.73 Å². The summed E-state index contributed by atoms with van der Waals surface area (Å²) in [6.07, 6.45) is 0.994. The summed E-state index contributed by atoms with van der Waals surface area (Å²) < 4.78 is 6.37. The third kappa shape index (κ3) is 3.68. The highest BCUT2D eigenvalue weighted by molar-refractivity contribution is 5.93. The molecule has 6 heteroatoms. The molecule has 0 radical (unpaired) electrons. The molecule has 2 aromatic rings. The van der Waals surface area contributed by atoms with Gasteiger partial charge in [-0.05, 0) is 39.0 Å². The lowest BCUT2D eigenvalue weighted by molar-refractivity contribution is 0.0515. The first-order chi connectivity index (χ1) is 9.76. The fraction of sp³-hybridized carbons (Fsp3) is 0.267. The van der Waals surface area contributed by atoms with E-state index in [9.17, 15) is 9.59 Å². The van der Waals surface area contributed by atoms with E-state index in [1.54, 1.807) is 51.1 Å². The van der Waals surface area contributed by atoms with Crippen molar-refractivity contribution in [2.45, 2.75) is 26.4 Å². The Morgan fingerprint density at radius 1 is 1.14 bits per heavy atom. The highest BCUT2D eigenvalue weighted by Crippen LogP contribution is 2.18. The van der Waals surface area contributed by atoms with E-state index in [4.69, 9.17) is 10.5 Å². The number of ether oxygens (including phenoxy) is 1. The van der Waals surface area contributed by atoms with Crippen molar-refractivity contribution in [3.63, 3.8) is 0 Å². The Hall–Kier alpha value is -2.63. The first-order valence-electron chi connectivity index (χ1n) is 6.45. The molecule has 0 saturated carbocycles. The molecule has 1 aromatic carbocycles. The number of carbonyl (C=O) groups excluding carboxylic acids is 2. The molecular formula is C15H17N3O3. The van der Waals surface area contributed by atoms with Crippen LogP contribution in [-0.2, 0) is 4.74 Å². The molecular weight excluding hydrogens is 270 g/mol. The number of carbonyl (C=O) groups is 2. The van der Waals surface area contributed by atoms with E-state index in [-0.39, 0.29) is 0 Å². The molecule has 2 N–H and O–H groups in total. The third-order valence-electron chi connectivity index (χ3n) is 2.63. The maximum absolute atomic E-state index is 11.9. The van der Waals surface area contributed by atoms with Gasteiger partial charge in [0.25, 0.3) is 0 Å². The Balaban J connectivity index is 2.19. The Morgan fingerprint density at radius 3 is 2.29 bits per heavy atom. The second-order valence-electron chi connectivity index (χ2n) is 5.57. The molecule has 0 bridgehead atoms. The van der Waals surface area contributed by atoms with Gasteiger partial charge in [0.1, 0.15) is 5.60 Å². The quantitative estimate of drug-likeness (QED) is 0.918. The van der Waals surface area contributed by atoms with Gasteiger partial charge in [-0.25, -0.2) is 4.79 Å². The number of amides is 1. The van der Waals surface area contributed by atoms with Gasteiger partial charge in [-0.3, -0.25) is 4.79 Å². The summed E-state index contributed by atoms with van der Waals surface area (Å²) in [6.45, 7) is 5.37. The fourth-order valence-corrected chi connectivity index (χ4v) is 1.69. The molecule has 6 nitrogen and oxygen atoms in total. The summed E-state index contributed by atoms with van der Waals surface area (Å²) in [6, 6.07) is 8.38. The summed E-state index contributed by atoms with van der Waals surface area (Å²) in [5.41, 5.74) is 6.42. The third-order valence-corrected chi connectivity index (χ3v) is 2.63. The monoisotopic (exact) mass is 287 g/mol. The Labute approximate surface area is 122 Å². The molecule has 2 rings (SSSR count). The van der Waals surface area contributed by atoms with Crippen LogP contribution in [0, 0.1) is 0 Å². The standard InChI is InChI=1S/C15H17N3O3/c1-15(2,3)21-14(20)18-9-8-12(17-18)10-4-6-11(7-5-10)13(16)19/h4-9H,1-3H3,(H2,16,19). The smallest absolute Gasteiger partial charge is 0.435 e. The lowest BCUT2D eigenvalue weighted by Gasteiger charge is -2.18. The van der Waals surface area contributed by atoms with Crippen molar-refractivity contribution in [1.82, 2.24) is 9.78 Å². The molecule has 0 fully saturated rings. The van der Waals surface area contributed by atoms with Crippen LogP contribution in [0.3, 0.4) is 0 Å². The zero-order chi connectivity index (χ0) is 15.6. The molecule has 0 saturated heterocycles. The molecule has 0 aliphatic rings. The summed E-state index contributed by atoms with van der Waals surface area (Å²) in [7, 11) is 0. The van der Waals surface area contributed by atoms with E-state index in [2.05, 4.69) is 5.10 Å². The van der Waals surface area contributed by atoms with Crippen molar-refractivity contribution in [3.8, 4) is 11.3 Å². The predicted octanol–water partition coefficient (Wildman–Crippen LogP) is 2.43. The zero-order valence-electron chi connectivity index (χ0n) is 12.2.